The molecule has 0 saturated carbocycles. The Morgan fingerprint density at radius 3 is 1.86 bits per heavy atom. The molecule has 0 saturated heterocycles. The van der Waals surface area contributed by atoms with Crippen molar-refractivity contribution in [2.45, 2.75) is 10.4 Å². The summed E-state index contributed by atoms with van der Waals surface area (Å²) in [5.74, 6) is -0.602. The van der Waals surface area contributed by atoms with Gasteiger partial charge in [-0.05, 0) is 55.8 Å². The first-order valence-corrected chi connectivity index (χ1v) is 5.60. The molecule has 0 N–H and O–H groups in total. The second-order valence-electron chi connectivity index (χ2n) is 2.25. The van der Waals surface area contributed by atoms with Gasteiger partial charge in [0.1, 0.15) is 5.82 Å². The Morgan fingerprint density at radius 2 is 1.50 bits per heavy atom. The topological polar surface area (TPSA) is 0 Å². The van der Waals surface area contributed by atoms with Crippen LogP contribution in [0.2, 0.25) is 0 Å². The van der Waals surface area contributed by atoms with Crippen LogP contribution in [0.5, 0.6) is 0 Å². The summed E-state index contributed by atoms with van der Waals surface area (Å²) in [4.78, 5) is -0.0844. The van der Waals surface area contributed by atoms with Gasteiger partial charge in [-0.15, -0.1) is 0 Å². The van der Waals surface area contributed by atoms with Crippen molar-refractivity contribution in [3.05, 3.63) is 26.9 Å². The largest absolute Gasteiger partial charge is 0.446 e. The molecule has 0 fully saturated rings. The average Bonchev–Trinajstić information content (AvgIpc) is 1.95. The van der Waals surface area contributed by atoms with Crippen molar-refractivity contribution in [2.24, 2.45) is 0 Å². The third-order valence-electron chi connectivity index (χ3n) is 1.18. The molecule has 78 valence electrons. The van der Waals surface area contributed by atoms with Gasteiger partial charge in [-0.3, -0.25) is 0 Å². The Balaban J connectivity index is 3.09. The van der Waals surface area contributed by atoms with Crippen molar-refractivity contribution < 1.29 is 17.6 Å². The van der Waals surface area contributed by atoms with Gasteiger partial charge in [-0.1, -0.05) is 0 Å². The van der Waals surface area contributed by atoms with Crippen molar-refractivity contribution in [2.75, 3.05) is 0 Å². The van der Waals surface area contributed by atoms with Crippen LogP contribution in [0.4, 0.5) is 17.6 Å². The molecular formula is C7H2Br2F4S. The Bertz CT molecular complexity index is 327. The van der Waals surface area contributed by atoms with Gasteiger partial charge in [-0.25, -0.2) is 4.39 Å². The standard InChI is InChI=1S/C7H2Br2F4S/c8-4-1-3(10)2-5(9)6(4)14-7(11,12)13/h1-2H. The van der Waals surface area contributed by atoms with Gasteiger partial charge >= 0.3 is 5.51 Å². The number of benzene rings is 1. The molecule has 0 aromatic heterocycles. The highest BCUT2D eigenvalue weighted by atomic mass is 79.9. The fraction of sp³-hybridized carbons (Fsp3) is 0.143. The zero-order valence-corrected chi connectivity index (χ0v) is 10.3. The van der Waals surface area contributed by atoms with Crippen molar-refractivity contribution in [1.82, 2.24) is 0 Å². The van der Waals surface area contributed by atoms with E-state index in [1.807, 2.05) is 0 Å². The van der Waals surface area contributed by atoms with E-state index in [0.29, 0.717) is 0 Å². The number of rotatable bonds is 1. The zero-order valence-electron chi connectivity index (χ0n) is 6.33. The van der Waals surface area contributed by atoms with Crippen molar-refractivity contribution >= 4 is 43.6 Å². The van der Waals surface area contributed by atoms with E-state index in [1.165, 1.54) is 0 Å². The first-order chi connectivity index (χ1) is 6.29. The second kappa shape index (κ2) is 4.40. The quantitative estimate of drug-likeness (QED) is 0.507. The van der Waals surface area contributed by atoms with Crippen molar-refractivity contribution in [1.29, 1.82) is 0 Å². The molecule has 0 radical (unpaired) electrons. The molecule has 1 rings (SSSR count). The number of hydrogen-bond acceptors (Lipinski definition) is 1. The van der Waals surface area contributed by atoms with Crippen LogP contribution in [-0.4, -0.2) is 5.51 Å². The molecular weight excluding hydrogens is 352 g/mol. The minimum Gasteiger partial charge on any atom is -0.207 e. The Hall–Kier alpha value is 0.250. The monoisotopic (exact) mass is 352 g/mol. The van der Waals surface area contributed by atoms with E-state index in [9.17, 15) is 17.6 Å². The molecule has 0 aliphatic carbocycles. The van der Waals surface area contributed by atoms with Gasteiger partial charge in [-0.2, -0.15) is 13.2 Å². The van der Waals surface area contributed by atoms with Crippen LogP contribution in [0.1, 0.15) is 0 Å². The molecule has 1 aromatic carbocycles. The van der Waals surface area contributed by atoms with Crippen LogP contribution >= 0.6 is 43.6 Å². The summed E-state index contributed by atoms with van der Waals surface area (Å²) >= 11 is 5.42. The first kappa shape index (κ1) is 12.3. The zero-order chi connectivity index (χ0) is 10.9. The number of alkyl halides is 3. The highest BCUT2D eigenvalue weighted by Gasteiger charge is 2.31. The maximum absolute atomic E-state index is 12.7. The maximum Gasteiger partial charge on any atom is 0.446 e. The smallest absolute Gasteiger partial charge is 0.207 e. The van der Waals surface area contributed by atoms with E-state index in [1.54, 1.807) is 0 Å². The van der Waals surface area contributed by atoms with Gasteiger partial charge in [0.2, 0.25) is 0 Å². The number of halogens is 6. The minimum atomic E-state index is -4.39. The maximum atomic E-state index is 12.7. The summed E-state index contributed by atoms with van der Waals surface area (Å²) in [6.45, 7) is 0. The Labute approximate surface area is 98.3 Å². The van der Waals surface area contributed by atoms with Gasteiger partial charge in [0.05, 0.1) is 0 Å². The Morgan fingerprint density at radius 1 is 1.07 bits per heavy atom. The van der Waals surface area contributed by atoms with Crippen LogP contribution in [0.25, 0.3) is 0 Å². The van der Waals surface area contributed by atoms with Crippen LogP contribution in [0, 0.1) is 5.82 Å². The van der Waals surface area contributed by atoms with E-state index in [-0.39, 0.29) is 25.6 Å². The van der Waals surface area contributed by atoms with Crippen molar-refractivity contribution in [3.63, 3.8) is 0 Å². The number of thioether (sulfide) groups is 1. The minimum absolute atomic E-state index is 0.0756. The lowest BCUT2D eigenvalue weighted by molar-refractivity contribution is -0.0328. The number of hydrogen-bond donors (Lipinski definition) is 0. The molecule has 0 atom stereocenters. The van der Waals surface area contributed by atoms with Gasteiger partial charge < -0.3 is 0 Å². The average molecular weight is 354 g/mol. The fourth-order valence-electron chi connectivity index (χ4n) is 0.742. The van der Waals surface area contributed by atoms with Crippen LogP contribution in [-0.2, 0) is 0 Å². The fourth-order valence-corrected chi connectivity index (χ4v) is 2.90. The normalized spacial score (nSPS) is 11.9. The molecule has 0 amide bonds. The molecule has 14 heavy (non-hydrogen) atoms. The molecule has 0 bridgehead atoms. The summed E-state index contributed by atoms with van der Waals surface area (Å²) < 4.78 is 48.9. The van der Waals surface area contributed by atoms with E-state index < -0.39 is 11.3 Å². The molecule has 0 nitrogen and oxygen atoms in total. The predicted octanol–water partition coefficient (Wildman–Crippen LogP) is 4.96. The molecule has 7 heteroatoms. The lowest BCUT2D eigenvalue weighted by atomic mass is 10.3. The third-order valence-corrected chi connectivity index (χ3v) is 3.83. The van der Waals surface area contributed by atoms with Crippen LogP contribution in [0.3, 0.4) is 0 Å². The lowest BCUT2D eigenvalue weighted by Crippen LogP contribution is -2.00. The van der Waals surface area contributed by atoms with Gasteiger partial charge in [0.25, 0.3) is 0 Å². The predicted molar refractivity (Wildman–Crippen MR) is 53.7 cm³/mol. The van der Waals surface area contributed by atoms with E-state index in [4.69, 9.17) is 0 Å². The second-order valence-corrected chi connectivity index (χ2v) is 5.03. The van der Waals surface area contributed by atoms with Crippen LogP contribution < -0.4 is 0 Å². The molecule has 0 unspecified atom stereocenters. The first-order valence-electron chi connectivity index (χ1n) is 3.20. The third kappa shape index (κ3) is 3.43. The molecule has 0 aliphatic heterocycles. The summed E-state index contributed by atoms with van der Waals surface area (Å²) in [7, 11) is 0. The lowest BCUT2D eigenvalue weighted by Gasteiger charge is -2.09. The summed E-state index contributed by atoms with van der Waals surface area (Å²) in [6, 6.07) is 1.97. The molecule has 1 aromatic rings. The van der Waals surface area contributed by atoms with Crippen molar-refractivity contribution in [3.8, 4) is 0 Å². The summed E-state index contributed by atoms with van der Waals surface area (Å²) in [5, 5.41) is 0. The summed E-state index contributed by atoms with van der Waals surface area (Å²) in [5.41, 5.74) is -4.39. The van der Waals surface area contributed by atoms with Crippen LogP contribution in [0.15, 0.2) is 26.0 Å². The van der Waals surface area contributed by atoms with E-state index in [0.717, 1.165) is 12.1 Å². The SMILES string of the molecule is Fc1cc(Br)c(SC(F)(F)F)c(Br)c1. The van der Waals surface area contributed by atoms with Gasteiger partial charge in [0, 0.05) is 13.8 Å². The van der Waals surface area contributed by atoms with E-state index in [2.05, 4.69) is 31.9 Å². The molecule has 0 aliphatic rings. The molecule has 0 heterocycles. The molecule has 0 spiro atoms. The van der Waals surface area contributed by atoms with Gasteiger partial charge in [0.15, 0.2) is 0 Å². The summed E-state index contributed by atoms with van der Waals surface area (Å²) in [6.07, 6.45) is 0. The highest BCUT2D eigenvalue weighted by molar-refractivity contribution is 9.11. The Kier molecular flexibility index (Phi) is 3.87. The highest BCUT2D eigenvalue weighted by Crippen LogP contribution is 2.44. The van der Waals surface area contributed by atoms with E-state index >= 15 is 0 Å².